The van der Waals surface area contributed by atoms with Crippen molar-refractivity contribution >= 4 is 27.3 Å². The first-order chi connectivity index (χ1) is 12.4. The Hall–Kier alpha value is -2.78. The minimum Gasteiger partial charge on any atom is -0.322 e. The van der Waals surface area contributed by atoms with E-state index in [1.807, 2.05) is 0 Å². The van der Waals surface area contributed by atoms with Crippen LogP contribution in [0.5, 0.6) is 0 Å². The normalized spacial score (nSPS) is 14.9. The summed E-state index contributed by atoms with van der Waals surface area (Å²) in [5.74, 6) is -0.510. The average Bonchev–Trinajstić information content (AvgIpc) is 3.18. The van der Waals surface area contributed by atoms with Gasteiger partial charge in [-0.1, -0.05) is 6.07 Å². The molecule has 8 nitrogen and oxygen atoms in total. The molecule has 1 saturated heterocycles. The third-order valence-corrected chi connectivity index (χ3v) is 6.05. The van der Waals surface area contributed by atoms with Crippen LogP contribution in [0.25, 0.3) is 0 Å². The molecule has 1 aliphatic heterocycles. The molecule has 0 spiro atoms. The summed E-state index contributed by atoms with van der Waals surface area (Å²) in [4.78, 5) is 22.6. The van der Waals surface area contributed by atoms with Crippen LogP contribution >= 0.6 is 0 Å². The molecule has 1 heterocycles. The van der Waals surface area contributed by atoms with Gasteiger partial charge in [-0.3, -0.25) is 14.9 Å². The molecule has 0 aliphatic carbocycles. The largest absolute Gasteiger partial charge is 0.322 e. The Morgan fingerprint density at radius 2 is 1.73 bits per heavy atom. The van der Waals surface area contributed by atoms with Crippen molar-refractivity contribution in [3.8, 4) is 0 Å². The zero-order valence-corrected chi connectivity index (χ0v) is 14.6. The third-order valence-electron chi connectivity index (χ3n) is 4.13. The van der Waals surface area contributed by atoms with Crippen molar-refractivity contribution in [1.82, 2.24) is 4.31 Å². The molecule has 0 saturated carbocycles. The Morgan fingerprint density at radius 1 is 1.08 bits per heavy atom. The number of rotatable bonds is 5. The topological polar surface area (TPSA) is 110 Å². The molecule has 1 fully saturated rings. The van der Waals surface area contributed by atoms with Gasteiger partial charge in [0.1, 0.15) is 0 Å². The lowest BCUT2D eigenvalue weighted by molar-refractivity contribution is -0.384. The van der Waals surface area contributed by atoms with Crippen molar-refractivity contribution in [3.05, 3.63) is 64.2 Å². The molecule has 0 unspecified atom stereocenters. The van der Waals surface area contributed by atoms with Crippen molar-refractivity contribution < 1.29 is 18.1 Å². The van der Waals surface area contributed by atoms with Gasteiger partial charge in [0, 0.05) is 36.5 Å². The van der Waals surface area contributed by atoms with Crippen LogP contribution in [0.15, 0.2) is 53.4 Å². The van der Waals surface area contributed by atoms with Gasteiger partial charge in [-0.25, -0.2) is 8.42 Å². The number of nitro groups is 1. The van der Waals surface area contributed by atoms with E-state index in [-0.39, 0.29) is 16.1 Å². The van der Waals surface area contributed by atoms with Crippen LogP contribution in [0.3, 0.4) is 0 Å². The summed E-state index contributed by atoms with van der Waals surface area (Å²) in [5.41, 5.74) is 0.375. The molecule has 3 rings (SSSR count). The summed E-state index contributed by atoms with van der Waals surface area (Å²) in [5, 5.41) is 13.4. The van der Waals surface area contributed by atoms with Gasteiger partial charge < -0.3 is 5.32 Å². The van der Waals surface area contributed by atoms with Crippen LogP contribution in [-0.4, -0.2) is 36.6 Å². The zero-order valence-electron chi connectivity index (χ0n) is 13.8. The molecule has 0 radical (unpaired) electrons. The number of nitrogens with zero attached hydrogens (tertiary/aromatic N) is 2. The fourth-order valence-corrected chi connectivity index (χ4v) is 4.27. The number of hydrogen-bond donors (Lipinski definition) is 1. The van der Waals surface area contributed by atoms with Gasteiger partial charge in [-0.2, -0.15) is 4.31 Å². The molecular weight excluding hydrogens is 358 g/mol. The van der Waals surface area contributed by atoms with Crippen LogP contribution in [0.4, 0.5) is 11.4 Å². The van der Waals surface area contributed by atoms with E-state index in [9.17, 15) is 23.3 Å². The molecular formula is C17H17N3O5S. The summed E-state index contributed by atoms with van der Waals surface area (Å²) in [6.07, 6.45) is 1.72. The Balaban J connectivity index is 1.74. The lowest BCUT2D eigenvalue weighted by Crippen LogP contribution is -2.27. The highest BCUT2D eigenvalue weighted by Gasteiger charge is 2.26. The molecule has 1 N–H and O–H groups in total. The van der Waals surface area contributed by atoms with E-state index >= 15 is 0 Å². The Morgan fingerprint density at radius 3 is 2.35 bits per heavy atom. The molecule has 1 amide bonds. The second kappa shape index (κ2) is 7.22. The highest BCUT2D eigenvalue weighted by Crippen LogP contribution is 2.22. The molecule has 0 bridgehead atoms. The fourth-order valence-electron chi connectivity index (χ4n) is 2.75. The van der Waals surface area contributed by atoms with Gasteiger partial charge in [0.2, 0.25) is 10.0 Å². The van der Waals surface area contributed by atoms with E-state index < -0.39 is 20.9 Å². The van der Waals surface area contributed by atoms with Crippen molar-refractivity contribution in [2.24, 2.45) is 0 Å². The maximum Gasteiger partial charge on any atom is 0.270 e. The Bertz CT molecular complexity index is 935. The van der Waals surface area contributed by atoms with Gasteiger partial charge in [0.05, 0.1) is 9.82 Å². The molecule has 0 aromatic heterocycles. The predicted octanol–water partition coefficient (Wildman–Crippen LogP) is 2.63. The standard InChI is InChI=1S/C17H17N3O5S/c21-17(13-4-3-5-15(12-13)20(22)23)18-14-6-8-16(9-7-14)26(24,25)19-10-1-2-11-19/h3-9,12H,1-2,10-11H2,(H,18,21). The third kappa shape index (κ3) is 3.73. The minimum atomic E-state index is -3.51. The molecule has 2 aromatic rings. The number of sulfonamides is 1. The second-order valence-corrected chi connectivity index (χ2v) is 7.84. The molecule has 9 heteroatoms. The number of carbonyl (C=O) groups excluding carboxylic acids is 1. The number of amides is 1. The Kier molecular flexibility index (Phi) is 5.01. The summed E-state index contributed by atoms with van der Waals surface area (Å²) in [6, 6.07) is 11.3. The summed E-state index contributed by atoms with van der Waals surface area (Å²) in [7, 11) is -3.51. The van der Waals surface area contributed by atoms with Crippen molar-refractivity contribution in [2.75, 3.05) is 18.4 Å². The van der Waals surface area contributed by atoms with Gasteiger partial charge >= 0.3 is 0 Å². The van der Waals surface area contributed by atoms with Crippen LogP contribution in [0.1, 0.15) is 23.2 Å². The summed E-state index contributed by atoms with van der Waals surface area (Å²) < 4.78 is 26.4. The van der Waals surface area contributed by atoms with Crippen LogP contribution < -0.4 is 5.32 Å². The first-order valence-electron chi connectivity index (χ1n) is 8.04. The van der Waals surface area contributed by atoms with Crippen molar-refractivity contribution in [1.29, 1.82) is 0 Å². The predicted molar refractivity (Wildman–Crippen MR) is 95.5 cm³/mol. The number of carbonyl (C=O) groups is 1. The fraction of sp³-hybridized carbons (Fsp3) is 0.235. The number of nitrogens with one attached hydrogen (secondary N) is 1. The quantitative estimate of drug-likeness (QED) is 0.638. The highest BCUT2D eigenvalue weighted by molar-refractivity contribution is 7.89. The molecule has 2 aromatic carbocycles. The molecule has 136 valence electrons. The van der Waals surface area contributed by atoms with Gasteiger partial charge in [-0.05, 0) is 43.2 Å². The molecule has 1 aliphatic rings. The maximum atomic E-state index is 12.5. The Labute approximate surface area is 150 Å². The number of anilines is 1. The number of nitro benzene ring substituents is 1. The minimum absolute atomic E-state index is 0.146. The van der Waals surface area contributed by atoms with Crippen molar-refractivity contribution in [3.63, 3.8) is 0 Å². The smallest absolute Gasteiger partial charge is 0.270 e. The van der Waals surface area contributed by atoms with E-state index in [2.05, 4.69) is 5.32 Å². The SMILES string of the molecule is O=C(Nc1ccc(S(=O)(=O)N2CCCC2)cc1)c1cccc([N+](=O)[O-])c1. The average molecular weight is 375 g/mol. The summed E-state index contributed by atoms with van der Waals surface area (Å²) >= 11 is 0. The first-order valence-corrected chi connectivity index (χ1v) is 9.48. The number of non-ortho nitro benzene ring substituents is 1. The van der Waals surface area contributed by atoms with E-state index in [0.717, 1.165) is 12.8 Å². The van der Waals surface area contributed by atoms with Gasteiger partial charge in [0.25, 0.3) is 11.6 Å². The lowest BCUT2D eigenvalue weighted by Gasteiger charge is -2.15. The van der Waals surface area contributed by atoms with Crippen LogP contribution in [-0.2, 0) is 10.0 Å². The molecule has 26 heavy (non-hydrogen) atoms. The lowest BCUT2D eigenvalue weighted by atomic mass is 10.2. The number of hydrogen-bond acceptors (Lipinski definition) is 5. The van der Waals surface area contributed by atoms with E-state index in [1.54, 1.807) is 0 Å². The van der Waals surface area contributed by atoms with E-state index in [1.165, 1.54) is 52.8 Å². The van der Waals surface area contributed by atoms with Crippen molar-refractivity contribution in [2.45, 2.75) is 17.7 Å². The zero-order chi connectivity index (χ0) is 18.7. The van der Waals surface area contributed by atoms with Gasteiger partial charge in [-0.15, -0.1) is 0 Å². The van der Waals surface area contributed by atoms with Crippen LogP contribution in [0.2, 0.25) is 0 Å². The highest BCUT2D eigenvalue weighted by atomic mass is 32.2. The summed E-state index contributed by atoms with van der Waals surface area (Å²) in [6.45, 7) is 1.04. The number of benzene rings is 2. The van der Waals surface area contributed by atoms with Crippen LogP contribution in [0, 0.1) is 10.1 Å². The maximum absolute atomic E-state index is 12.5. The van der Waals surface area contributed by atoms with E-state index in [4.69, 9.17) is 0 Å². The molecule has 0 atom stereocenters. The van der Waals surface area contributed by atoms with Gasteiger partial charge in [0.15, 0.2) is 0 Å². The second-order valence-electron chi connectivity index (χ2n) is 5.90. The first kappa shape index (κ1) is 18.0. The monoisotopic (exact) mass is 375 g/mol. The van der Waals surface area contributed by atoms with E-state index in [0.29, 0.717) is 18.8 Å².